The zero-order valence-corrected chi connectivity index (χ0v) is 10.1. The number of guanidine groups is 1. The zero-order chi connectivity index (χ0) is 12.0. The van der Waals surface area contributed by atoms with Crippen LogP contribution < -0.4 is 16.2 Å². The van der Waals surface area contributed by atoms with Crippen LogP contribution in [0.5, 0.6) is 5.75 Å². The number of aliphatic imine (C=N–C) groups is 1. The molecule has 0 unspecified atom stereocenters. The molecule has 0 aliphatic heterocycles. The van der Waals surface area contributed by atoms with E-state index in [0.717, 1.165) is 0 Å². The Hall–Kier alpha value is -1.13. The molecule has 0 heterocycles. The topological polar surface area (TPSA) is 73.6 Å². The lowest BCUT2D eigenvalue weighted by Crippen LogP contribution is -2.23. The van der Waals surface area contributed by atoms with E-state index in [0.29, 0.717) is 35.4 Å². The lowest BCUT2D eigenvalue weighted by molar-refractivity contribution is 0.314. The fraction of sp³-hybridized carbons (Fsp3) is 0.300. The number of hydrogen-bond donors (Lipinski definition) is 2. The summed E-state index contributed by atoms with van der Waals surface area (Å²) in [6.45, 7) is 1.01. The molecule has 0 aliphatic rings. The molecule has 4 nitrogen and oxygen atoms in total. The van der Waals surface area contributed by atoms with Crippen LogP contribution in [0.2, 0.25) is 10.0 Å². The van der Waals surface area contributed by atoms with Crippen molar-refractivity contribution in [1.82, 2.24) is 0 Å². The van der Waals surface area contributed by atoms with Gasteiger partial charge in [-0.25, -0.2) is 0 Å². The summed E-state index contributed by atoms with van der Waals surface area (Å²) in [4.78, 5) is 3.83. The highest BCUT2D eigenvalue weighted by molar-refractivity contribution is 6.42. The summed E-state index contributed by atoms with van der Waals surface area (Å²) in [7, 11) is 0. The van der Waals surface area contributed by atoms with Crippen LogP contribution in [0.1, 0.15) is 6.42 Å². The van der Waals surface area contributed by atoms with E-state index in [2.05, 4.69) is 4.99 Å². The summed E-state index contributed by atoms with van der Waals surface area (Å²) in [5.41, 5.74) is 10.4. The van der Waals surface area contributed by atoms with Gasteiger partial charge in [0.15, 0.2) is 5.96 Å². The smallest absolute Gasteiger partial charge is 0.185 e. The summed E-state index contributed by atoms with van der Waals surface area (Å²) in [6.07, 6.45) is 0.709. The van der Waals surface area contributed by atoms with Gasteiger partial charge in [0.05, 0.1) is 11.6 Å². The summed E-state index contributed by atoms with van der Waals surface area (Å²) >= 11 is 11.8. The molecular formula is C10H13Cl2N3O. The minimum absolute atomic E-state index is 0.0841. The summed E-state index contributed by atoms with van der Waals surface area (Å²) in [5, 5.41) is 0.898. The van der Waals surface area contributed by atoms with Crippen LogP contribution in [-0.4, -0.2) is 19.1 Å². The van der Waals surface area contributed by atoms with Crippen LogP contribution in [0.4, 0.5) is 0 Å². The molecule has 0 saturated carbocycles. The Kier molecular flexibility index (Phi) is 5.22. The van der Waals surface area contributed by atoms with Gasteiger partial charge in [0.25, 0.3) is 0 Å². The van der Waals surface area contributed by atoms with Crippen molar-refractivity contribution in [3.05, 3.63) is 28.2 Å². The summed E-state index contributed by atoms with van der Waals surface area (Å²) < 4.78 is 5.43. The van der Waals surface area contributed by atoms with Gasteiger partial charge in [-0.1, -0.05) is 29.3 Å². The standard InChI is InChI=1S/C10H13Cl2N3O/c11-7-3-1-4-8(9(7)12)16-6-2-5-15-10(13)14/h1,3-4H,2,5-6H2,(H4,13,14,15). The number of hydrogen-bond acceptors (Lipinski definition) is 2. The number of benzene rings is 1. The molecular weight excluding hydrogens is 249 g/mol. The van der Waals surface area contributed by atoms with Crippen molar-refractivity contribution >= 4 is 29.2 Å². The molecule has 0 aliphatic carbocycles. The minimum atomic E-state index is 0.0841. The van der Waals surface area contributed by atoms with E-state index < -0.39 is 0 Å². The zero-order valence-electron chi connectivity index (χ0n) is 8.62. The first kappa shape index (κ1) is 12.9. The second-order valence-corrected chi connectivity index (χ2v) is 3.85. The van der Waals surface area contributed by atoms with E-state index in [-0.39, 0.29) is 5.96 Å². The van der Waals surface area contributed by atoms with Crippen molar-refractivity contribution in [2.75, 3.05) is 13.2 Å². The molecule has 0 bridgehead atoms. The summed E-state index contributed by atoms with van der Waals surface area (Å²) in [5.74, 6) is 0.652. The first-order valence-corrected chi connectivity index (χ1v) is 5.49. The maximum Gasteiger partial charge on any atom is 0.185 e. The van der Waals surface area contributed by atoms with Gasteiger partial charge in [-0.05, 0) is 12.1 Å². The van der Waals surface area contributed by atoms with Gasteiger partial charge in [-0.2, -0.15) is 0 Å². The number of halogens is 2. The largest absolute Gasteiger partial charge is 0.492 e. The van der Waals surface area contributed by atoms with Gasteiger partial charge in [0, 0.05) is 13.0 Å². The van der Waals surface area contributed by atoms with E-state index in [4.69, 9.17) is 39.4 Å². The van der Waals surface area contributed by atoms with Crippen LogP contribution in [0, 0.1) is 0 Å². The quantitative estimate of drug-likeness (QED) is 0.484. The Labute approximate surface area is 104 Å². The lowest BCUT2D eigenvalue weighted by atomic mass is 10.3. The highest BCUT2D eigenvalue weighted by Crippen LogP contribution is 2.31. The van der Waals surface area contributed by atoms with Crippen molar-refractivity contribution in [3.8, 4) is 5.75 Å². The molecule has 0 radical (unpaired) electrons. The van der Waals surface area contributed by atoms with Gasteiger partial charge in [0.1, 0.15) is 10.8 Å². The first-order chi connectivity index (χ1) is 7.61. The van der Waals surface area contributed by atoms with Crippen molar-refractivity contribution < 1.29 is 4.74 Å². The van der Waals surface area contributed by atoms with Crippen LogP contribution in [0.3, 0.4) is 0 Å². The SMILES string of the molecule is NC(N)=NCCCOc1cccc(Cl)c1Cl. The Morgan fingerprint density at radius 1 is 1.31 bits per heavy atom. The number of nitrogens with zero attached hydrogens (tertiary/aromatic N) is 1. The predicted octanol–water partition coefficient (Wildman–Crippen LogP) is 2.04. The average Bonchev–Trinajstić information content (AvgIpc) is 2.23. The fourth-order valence-corrected chi connectivity index (χ4v) is 1.40. The molecule has 0 aromatic heterocycles. The molecule has 0 spiro atoms. The Balaban J connectivity index is 2.38. The summed E-state index contributed by atoms with van der Waals surface area (Å²) in [6, 6.07) is 5.24. The molecule has 88 valence electrons. The molecule has 0 saturated heterocycles. The second kappa shape index (κ2) is 6.45. The third-order valence-electron chi connectivity index (χ3n) is 1.77. The molecule has 0 fully saturated rings. The lowest BCUT2D eigenvalue weighted by Gasteiger charge is -2.07. The first-order valence-electron chi connectivity index (χ1n) is 4.73. The Bertz CT molecular complexity index is 378. The van der Waals surface area contributed by atoms with Crippen molar-refractivity contribution in [2.45, 2.75) is 6.42 Å². The van der Waals surface area contributed by atoms with Crippen LogP contribution in [0.25, 0.3) is 0 Å². The van der Waals surface area contributed by atoms with E-state index >= 15 is 0 Å². The van der Waals surface area contributed by atoms with Gasteiger partial charge in [-0.3, -0.25) is 4.99 Å². The normalized spacial score (nSPS) is 9.88. The Morgan fingerprint density at radius 2 is 2.06 bits per heavy atom. The van der Waals surface area contributed by atoms with E-state index in [1.165, 1.54) is 0 Å². The predicted molar refractivity (Wildman–Crippen MR) is 67.3 cm³/mol. The third-order valence-corrected chi connectivity index (χ3v) is 2.57. The van der Waals surface area contributed by atoms with Crippen molar-refractivity contribution in [2.24, 2.45) is 16.5 Å². The maximum atomic E-state index is 5.93. The Morgan fingerprint density at radius 3 is 2.75 bits per heavy atom. The van der Waals surface area contributed by atoms with E-state index in [9.17, 15) is 0 Å². The molecule has 6 heteroatoms. The molecule has 4 N–H and O–H groups in total. The van der Waals surface area contributed by atoms with Crippen LogP contribution in [-0.2, 0) is 0 Å². The highest BCUT2D eigenvalue weighted by Gasteiger charge is 2.04. The maximum absolute atomic E-state index is 5.93. The fourth-order valence-electron chi connectivity index (χ4n) is 1.05. The van der Waals surface area contributed by atoms with Gasteiger partial charge in [0.2, 0.25) is 0 Å². The second-order valence-electron chi connectivity index (χ2n) is 3.06. The van der Waals surface area contributed by atoms with E-state index in [1.807, 2.05) is 0 Å². The monoisotopic (exact) mass is 261 g/mol. The highest BCUT2D eigenvalue weighted by atomic mass is 35.5. The van der Waals surface area contributed by atoms with E-state index in [1.54, 1.807) is 18.2 Å². The molecule has 16 heavy (non-hydrogen) atoms. The molecule has 0 amide bonds. The van der Waals surface area contributed by atoms with Gasteiger partial charge < -0.3 is 16.2 Å². The molecule has 1 aromatic carbocycles. The number of ether oxygens (including phenoxy) is 1. The van der Waals surface area contributed by atoms with Crippen LogP contribution >= 0.6 is 23.2 Å². The molecule has 1 rings (SSSR count). The molecule has 0 atom stereocenters. The average molecular weight is 262 g/mol. The molecule has 1 aromatic rings. The van der Waals surface area contributed by atoms with Crippen molar-refractivity contribution in [3.63, 3.8) is 0 Å². The van der Waals surface area contributed by atoms with Gasteiger partial charge >= 0.3 is 0 Å². The van der Waals surface area contributed by atoms with Crippen molar-refractivity contribution in [1.29, 1.82) is 0 Å². The minimum Gasteiger partial charge on any atom is -0.492 e. The third kappa shape index (κ3) is 4.16. The number of rotatable bonds is 5. The van der Waals surface area contributed by atoms with Gasteiger partial charge in [-0.15, -0.1) is 0 Å². The van der Waals surface area contributed by atoms with Crippen LogP contribution in [0.15, 0.2) is 23.2 Å². The number of nitrogens with two attached hydrogens (primary N) is 2.